The molecule has 0 radical (unpaired) electrons. The minimum atomic E-state index is -0.300. The third-order valence-corrected chi connectivity index (χ3v) is 5.38. The molecule has 0 saturated carbocycles. The van der Waals surface area contributed by atoms with Crippen LogP contribution in [0, 0.1) is 0 Å². The number of carbonyl (C=O) groups excluding carboxylic acids is 1. The number of methoxy groups -OCH3 is 1. The first-order valence-electron chi connectivity index (χ1n) is 8.97. The summed E-state index contributed by atoms with van der Waals surface area (Å²) in [4.78, 5) is 14.4. The molecule has 1 aliphatic heterocycles. The van der Waals surface area contributed by atoms with Crippen LogP contribution in [0.5, 0.6) is 5.75 Å². The van der Waals surface area contributed by atoms with E-state index >= 15 is 0 Å². The van der Waals surface area contributed by atoms with Crippen molar-refractivity contribution in [1.29, 1.82) is 0 Å². The van der Waals surface area contributed by atoms with E-state index in [0.29, 0.717) is 16.3 Å². The summed E-state index contributed by atoms with van der Waals surface area (Å²) in [5.41, 5.74) is 7.06. The highest BCUT2D eigenvalue weighted by Gasteiger charge is 2.29. The van der Waals surface area contributed by atoms with Crippen molar-refractivity contribution in [1.82, 2.24) is 5.43 Å². The Morgan fingerprint density at radius 1 is 1.25 bits per heavy atom. The van der Waals surface area contributed by atoms with Crippen LogP contribution in [0.3, 0.4) is 0 Å². The summed E-state index contributed by atoms with van der Waals surface area (Å²) in [7, 11) is 3.64. The van der Waals surface area contributed by atoms with E-state index in [4.69, 9.17) is 16.3 Å². The van der Waals surface area contributed by atoms with Crippen molar-refractivity contribution in [2.24, 2.45) is 5.10 Å². The number of hydrogen-bond donors (Lipinski definition) is 1. The molecule has 2 aromatic carbocycles. The third-order valence-electron chi connectivity index (χ3n) is 5.06. The quantitative estimate of drug-likeness (QED) is 0.598. The Bertz CT molecular complexity index is 962. The van der Waals surface area contributed by atoms with Gasteiger partial charge in [0.1, 0.15) is 5.75 Å². The molecule has 1 heterocycles. The molecule has 28 heavy (non-hydrogen) atoms. The number of carbonyl (C=O) groups is 1. The Balaban J connectivity index is 1.79. The number of nitrogens with one attached hydrogen (secondary N) is 1. The molecule has 0 aliphatic carbocycles. The normalized spacial score (nSPS) is 15.2. The van der Waals surface area contributed by atoms with E-state index in [1.54, 1.807) is 37.6 Å². The van der Waals surface area contributed by atoms with Crippen molar-refractivity contribution in [3.05, 3.63) is 64.2 Å². The van der Waals surface area contributed by atoms with E-state index in [2.05, 4.69) is 49.3 Å². The number of ether oxygens (including phenoxy) is 1. The van der Waals surface area contributed by atoms with Crippen molar-refractivity contribution < 1.29 is 9.53 Å². The molecule has 1 amide bonds. The zero-order valence-electron chi connectivity index (χ0n) is 16.7. The lowest BCUT2D eigenvalue weighted by atomic mass is 9.88. The zero-order valence-corrected chi connectivity index (χ0v) is 17.5. The number of nitrogens with zero attached hydrogens (tertiary/aromatic N) is 2. The predicted octanol–water partition coefficient (Wildman–Crippen LogP) is 4.74. The highest BCUT2D eigenvalue weighted by molar-refractivity contribution is 6.33. The Labute approximate surface area is 170 Å². The van der Waals surface area contributed by atoms with Gasteiger partial charge in [0.05, 0.1) is 23.9 Å². The molecule has 0 bridgehead atoms. The second kappa shape index (κ2) is 7.68. The lowest BCUT2D eigenvalue weighted by Crippen LogP contribution is -2.42. The summed E-state index contributed by atoms with van der Waals surface area (Å²) < 4.78 is 5.09. The van der Waals surface area contributed by atoms with Crippen LogP contribution in [0.4, 0.5) is 5.69 Å². The highest BCUT2D eigenvalue weighted by atomic mass is 35.5. The van der Waals surface area contributed by atoms with Crippen LogP contribution in [0.1, 0.15) is 42.3 Å². The molecule has 0 saturated heterocycles. The van der Waals surface area contributed by atoms with Crippen LogP contribution < -0.4 is 15.1 Å². The SMILES string of the molecule is COc1ccc(C(=O)N/N=C/c2cc3c(cc2Cl)N(C)C(C)(C)C=C3C)cc1. The predicted molar refractivity (Wildman–Crippen MR) is 116 cm³/mol. The lowest BCUT2D eigenvalue weighted by Gasteiger charge is -2.40. The second-order valence-corrected chi connectivity index (χ2v) is 7.77. The van der Waals surface area contributed by atoms with Gasteiger partial charge in [-0.2, -0.15) is 5.10 Å². The van der Waals surface area contributed by atoms with Gasteiger partial charge in [0.25, 0.3) is 5.91 Å². The molecule has 6 heteroatoms. The van der Waals surface area contributed by atoms with Crippen LogP contribution in [-0.2, 0) is 0 Å². The maximum atomic E-state index is 12.2. The van der Waals surface area contributed by atoms with Gasteiger partial charge in [0, 0.05) is 29.4 Å². The third kappa shape index (κ3) is 3.90. The Kier molecular flexibility index (Phi) is 5.47. The molecule has 0 aromatic heterocycles. The number of hydrogen-bond acceptors (Lipinski definition) is 4. The Hall–Kier alpha value is -2.79. The van der Waals surface area contributed by atoms with Crippen LogP contribution in [0.25, 0.3) is 5.57 Å². The Morgan fingerprint density at radius 2 is 1.93 bits per heavy atom. The average Bonchev–Trinajstić information content (AvgIpc) is 2.66. The first-order valence-corrected chi connectivity index (χ1v) is 9.35. The fourth-order valence-corrected chi connectivity index (χ4v) is 3.46. The van der Waals surface area contributed by atoms with Crippen LogP contribution in [0.15, 0.2) is 47.6 Å². The summed E-state index contributed by atoms with van der Waals surface area (Å²) in [5, 5.41) is 4.65. The first kappa shape index (κ1) is 20.0. The van der Waals surface area contributed by atoms with Gasteiger partial charge < -0.3 is 9.64 Å². The van der Waals surface area contributed by atoms with Crippen molar-refractivity contribution in [2.75, 3.05) is 19.1 Å². The summed E-state index contributed by atoms with van der Waals surface area (Å²) in [6.45, 7) is 6.42. The summed E-state index contributed by atoms with van der Waals surface area (Å²) in [5.74, 6) is 0.392. The maximum Gasteiger partial charge on any atom is 0.271 e. The van der Waals surface area contributed by atoms with Crippen LogP contribution >= 0.6 is 11.6 Å². The number of amides is 1. The number of fused-ring (bicyclic) bond motifs is 1. The number of halogens is 1. The van der Waals surface area contributed by atoms with Gasteiger partial charge in [-0.3, -0.25) is 4.79 Å². The van der Waals surface area contributed by atoms with E-state index in [-0.39, 0.29) is 11.4 Å². The number of anilines is 1. The number of likely N-dealkylation sites (N-methyl/N-ethyl adjacent to an activating group) is 1. The second-order valence-electron chi connectivity index (χ2n) is 7.36. The fourth-order valence-electron chi connectivity index (χ4n) is 3.25. The van der Waals surface area contributed by atoms with Gasteiger partial charge in [-0.15, -0.1) is 0 Å². The van der Waals surface area contributed by atoms with Gasteiger partial charge in [0.2, 0.25) is 0 Å². The first-order chi connectivity index (χ1) is 13.2. The fraction of sp³-hybridized carbons (Fsp3) is 0.273. The van der Waals surface area contributed by atoms with E-state index < -0.39 is 0 Å². The Morgan fingerprint density at radius 3 is 2.57 bits per heavy atom. The van der Waals surface area contributed by atoms with E-state index in [0.717, 1.165) is 16.8 Å². The lowest BCUT2D eigenvalue weighted by molar-refractivity contribution is 0.0955. The average molecular weight is 398 g/mol. The van der Waals surface area contributed by atoms with Crippen molar-refractivity contribution in [3.63, 3.8) is 0 Å². The molecule has 0 unspecified atom stereocenters. The minimum absolute atomic E-state index is 0.0810. The molecule has 146 valence electrons. The van der Waals surface area contributed by atoms with E-state index in [9.17, 15) is 4.79 Å². The molecule has 3 rings (SSSR count). The smallest absolute Gasteiger partial charge is 0.271 e. The molecule has 2 aromatic rings. The molecule has 0 spiro atoms. The van der Waals surface area contributed by atoms with Crippen molar-refractivity contribution in [3.8, 4) is 5.75 Å². The summed E-state index contributed by atoms with van der Waals surface area (Å²) in [6.07, 6.45) is 3.80. The molecule has 0 atom stereocenters. The minimum Gasteiger partial charge on any atom is -0.497 e. The van der Waals surface area contributed by atoms with Crippen molar-refractivity contribution >= 4 is 35.0 Å². The topological polar surface area (TPSA) is 53.9 Å². The monoisotopic (exact) mass is 397 g/mol. The number of hydrazone groups is 1. The zero-order chi connectivity index (χ0) is 20.5. The van der Waals surface area contributed by atoms with Crippen LogP contribution in [-0.4, -0.2) is 31.8 Å². The largest absolute Gasteiger partial charge is 0.497 e. The van der Waals surface area contributed by atoms with Gasteiger partial charge >= 0.3 is 0 Å². The summed E-state index contributed by atoms with van der Waals surface area (Å²) >= 11 is 6.47. The van der Waals surface area contributed by atoms with E-state index in [1.165, 1.54) is 5.57 Å². The van der Waals surface area contributed by atoms with Gasteiger partial charge in [-0.1, -0.05) is 17.7 Å². The standard InChI is InChI=1S/C22H24ClN3O2/c1-14-12-22(2,3)26(4)20-11-19(23)16(10-18(14)20)13-24-25-21(27)15-6-8-17(28-5)9-7-15/h6-13H,1-5H3,(H,25,27)/b24-13+. The van der Waals surface area contributed by atoms with Gasteiger partial charge in [0.15, 0.2) is 0 Å². The van der Waals surface area contributed by atoms with Gasteiger partial charge in [-0.25, -0.2) is 5.43 Å². The molecule has 0 fully saturated rings. The molecule has 1 N–H and O–H groups in total. The highest BCUT2D eigenvalue weighted by Crippen LogP contribution is 2.40. The number of allylic oxidation sites excluding steroid dienone is 1. The molecular weight excluding hydrogens is 374 g/mol. The van der Waals surface area contributed by atoms with Crippen LogP contribution in [0.2, 0.25) is 5.02 Å². The van der Waals surface area contributed by atoms with Gasteiger partial charge in [-0.05, 0) is 62.7 Å². The molecule has 1 aliphatic rings. The number of rotatable bonds is 4. The number of benzene rings is 2. The maximum absolute atomic E-state index is 12.2. The molecular formula is C22H24ClN3O2. The van der Waals surface area contributed by atoms with E-state index in [1.807, 2.05) is 12.1 Å². The van der Waals surface area contributed by atoms with Crippen molar-refractivity contribution in [2.45, 2.75) is 26.3 Å². The molecule has 5 nitrogen and oxygen atoms in total. The summed E-state index contributed by atoms with van der Waals surface area (Å²) in [6, 6.07) is 10.8.